The molecule has 2 amide bonds. The highest BCUT2D eigenvalue weighted by molar-refractivity contribution is 6.05. The molecule has 1 aliphatic rings. The Hall–Kier alpha value is -2.43. The number of carbonyl (C=O) groups excluding carboxylic acids is 2. The number of carbonyl (C=O) groups is 2. The van der Waals surface area contributed by atoms with Crippen molar-refractivity contribution in [3.8, 4) is 0 Å². The SMILES string of the molecule is O=C1CCCCC(CNC(=O)c2nccc3ccccc23)N1. The van der Waals surface area contributed by atoms with Gasteiger partial charge in [-0.25, -0.2) is 0 Å². The van der Waals surface area contributed by atoms with Gasteiger partial charge in [0, 0.05) is 30.6 Å². The number of hydrogen-bond donors (Lipinski definition) is 2. The average Bonchev–Trinajstić information content (AvgIpc) is 2.76. The fourth-order valence-electron chi connectivity index (χ4n) is 2.80. The molecule has 1 saturated heterocycles. The van der Waals surface area contributed by atoms with E-state index in [0.717, 1.165) is 30.0 Å². The Bertz CT molecular complexity index is 694. The first kappa shape index (κ1) is 14.5. The molecule has 2 N–H and O–H groups in total. The van der Waals surface area contributed by atoms with E-state index in [4.69, 9.17) is 0 Å². The number of pyridine rings is 1. The van der Waals surface area contributed by atoms with Gasteiger partial charge in [-0.15, -0.1) is 0 Å². The number of hydrogen-bond acceptors (Lipinski definition) is 3. The zero-order valence-corrected chi connectivity index (χ0v) is 12.3. The molecule has 2 heterocycles. The van der Waals surface area contributed by atoms with Crippen LogP contribution in [-0.2, 0) is 4.79 Å². The highest BCUT2D eigenvalue weighted by Crippen LogP contribution is 2.16. The maximum atomic E-state index is 12.4. The van der Waals surface area contributed by atoms with E-state index in [-0.39, 0.29) is 17.9 Å². The lowest BCUT2D eigenvalue weighted by atomic mass is 10.1. The van der Waals surface area contributed by atoms with E-state index in [0.29, 0.717) is 18.7 Å². The van der Waals surface area contributed by atoms with Crippen LogP contribution in [0.15, 0.2) is 36.5 Å². The lowest BCUT2D eigenvalue weighted by Crippen LogP contribution is -2.42. The van der Waals surface area contributed by atoms with Crippen LogP contribution in [-0.4, -0.2) is 29.4 Å². The molecule has 114 valence electrons. The van der Waals surface area contributed by atoms with Crippen LogP contribution < -0.4 is 10.6 Å². The Balaban J connectivity index is 1.69. The van der Waals surface area contributed by atoms with E-state index < -0.39 is 0 Å². The zero-order valence-electron chi connectivity index (χ0n) is 12.3. The van der Waals surface area contributed by atoms with E-state index in [1.165, 1.54) is 0 Å². The number of aromatic nitrogens is 1. The van der Waals surface area contributed by atoms with Gasteiger partial charge in [0.15, 0.2) is 0 Å². The van der Waals surface area contributed by atoms with Crippen LogP contribution in [0.25, 0.3) is 10.8 Å². The largest absolute Gasteiger partial charge is 0.352 e. The van der Waals surface area contributed by atoms with Gasteiger partial charge in [0.1, 0.15) is 5.69 Å². The maximum Gasteiger partial charge on any atom is 0.270 e. The van der Waals surface area contributed by atoms with Gasteiger partial charge in [-0.1, -0.05) is 30.7 Å². The van der Waals surface area contributed by atoms with Gasteiger partial charge in [0.05, 0.1) is 0 Å². The smallest absolute Gasteiger partial charge is 0.270 e. The van der Waals surface area contributed by atoms with Crippen molar-refractivity contribution in [2.45, 2.75) is 31.7 Å². The number of nitrogens with one attached hydrogen (secondary N) is 2. The minimum absolute atomic E-state index is 0.00827. The van der Waals surface area contributed by atoms with E-state index in [1.54, 1.807) is 6.20 Å². The first-order chi connectivity index (χ1) is 10.7. The predicted octanol–water partition coefficient (Wildman–Crippen LogP) is 2.02. The molecule has 0 aliphatic carbocycles. The summed E-state index contributed by atoms with van der Waals surface area (Å²) in [7, 11) is 0. The van der Waals surface area contributed by atoms with Crippen molar-refractivity contribution in [1.82, 2.24) is 15.6 Å². The standard InChI is InChI=1S/C17H19N3O2/c21-15-8-4-2-6-13(20-15)11-19-17(22)16-14-7-3-1-5-12(14)9-10-18-16/h1,3,5,7,9-10,13H,2,4,6,8,11H2,(H,19,22)(H,20,21). The van der Waals surface area contributed by atoms with Gasteiger partial charge < -0.3 is 10.6 Å². The molecule has 3 rings (SSSR count). The van der Waals surface area contributed by atoms with Gasteiger partial charge in [-0.05, 0) is 24.3 Å². The Labute approximate surface area is 129 Å². The van der Waals surface area contributed by atoms with Crippen molar-refractivity contribution in [3.05, 3.63) is 42.2 Å². The Morgan fingerprint density at radius 2 is 2.14 bits per heavy atom. The summed E-state index contributed by atoms with van der Waals surface area (Å²) >= 11 is 0. The van der Waals surface area contributed by atoms with Crippen molar-refractivity contribution in [2.75, 3.05) is 6.54 Å². The molecule has 0 saturated carbocycles. The highest BCUT2D eigenvalue weighted by Gasteiger charge is 2.18. The third kappa shape index (κ3) is 3.24. The summed E-state index contributed by atoms with van der Waals surface area (Å²) in [5.41, 5.74) is 0.429. The molecule has 5 nitrogen and oxygen atoms in total. The van der Waals surface area contributed by atoms with Crippen LogP contribution in [0.3, 0.4) is 0 Å². The van der Waals surface area contributed by atoms with Crippen molar-refractivity contribution in [3.63, 3.8) is 0 Å². The summed E-state index contributed by atoms with van der Waals surface area (Å²) in [6.45, 7) is 0.440. The van der Waals surface area contributed by atoms with Crippen LogP contribution in [0.4, 0.5) is 0 Å². The number of fused-ring (bicyclic) bond motifs is 1. The molecule has 22 heavy (non-hydrogen) atoms. The molecule has 1 aromatic carbocycles. The third-order valence-electron chi connectivity index (χ3n) is 3.97. The Morgan fingerprint density at radius 3 is 3.05 bits per heavy atom. The molecule has 1 aromatic heterocycles. The topological polar surface area (TPSA) is 71.1 Å². The van der Waals surface area contributed by atoms with Crippen LogP contribution in [0.2, 0.25) is 0 Å². The van der Waals surface area contributed by atoms with Crippen LogP contribution in [0.5, 0.6) is 0 Å². The van der Waals surface area contributed by atoms with Crippen LogP contribution >= 0.6 is 0 Å². The van der Waals surface area contributed by atoms with Crippen LogP contribution in [0, 0.1) is 0 Å². The second-order valence-corrected chi connectivity index (χ2v) is 5.60. The number of nitrogens with zero attached hydrogens (tertiary/aromatic N) is 1. The first-order valence-electron chi connectivity index (χ1n) is 7.65. The molecule has 5 heteroatoms. The number of amides is 2. The molecule has 0 radical (unpaired) electrons. The van der Waals surface area contributed by atoms with Crippen molar-refractivity contribution >= 4 is 22.6 Å². The fourth-order valence-corrected chi connectivity index (χ4v) is 2.80. The molecule has 0 spiro atoms. The van der Waals surface area contributed by atoms with E-state index in [2.05, 4.69) is 15.6 Å². The van der Waals surface area contributed by atoms with Gasteiger partial charge in [0.2, 0.25) is 5.91 Å². The molecule has 1 atom stereocenters. The summed E-state index contributed by atoms with van der Waals surface area (Å²) in [5.74, 6) is -0.129. The summed E-state index contributed by atoms with van der Waals surface area (Å²) in [6, 6.07) is 9.58. The zero-order chi connectivity index (χ0) is 15.4. The lowest BCUT2D eigenvalue weighted by Gasteiger charge is -2.16. The quantitative estimate of drug-likeness (QED) is 0.910. The van der Waals surface area contributed by atoms with Crippen molar-refractivity contribution in [2.24, 2.45) is 0 Å². The van der Waals surface area contributed by atoms with E-state index in [1.807, 2.05) is 30.3 Å². The van der Waals surface area contributed by atoms with E-state index >= 15 is 0 Å². The maximum absolute atomic E-state index is 12.4. The van der Waals surface area contributed by atoms with Crippen molar-refractivity contribution < 1.29 is 9.59 Å². The number of rotatable bonds is 3. The Morgan fingerprint density at radius 1 is 1.27 bits per heavy atom. The lowest BCUT2D eigenvalue weighted by molar-refractivity contribution is -0.121. The monoisotopic (exact) mass is 297 g/mol. The fraction of sp³-hybridized carbons (Fsp3) is 0.353. The second kappa shape index (κ2) is 6.56. The summed E-state index contributed by atoms with van der Waals surface area (Å²) in [6.07, 6.45) is 5.04. The Kier molecular flexibility index (Phi) is 4.32. The summed E-state index contributed by atoms with van der Waals surface area (Å²) in [5, 5.41) is 7.67. The normalized spacial score (nSPS) is 18.5. The van der Waals surface area contributed by atoms with Gasteiger partial charge in [-0.3, -0.25) is 14.6 Å². The van der Waals surface area contributed by atoms with Gasteiger partial charge in [-0.2, -0.15) is 0 Å². The molecule has 1 aliphatic heterocycles. The summed E-state index contributed by atoms with van der Waals surface area (Å²) < 4.78 is 0. The molecule has 1 unspecified atom stereocenters. The summed E-state index contributed by atoms with van der Waals surface area (Å²) in [4.78, 5) is 28.1. The molecule has 1 fully saturated rings. The van der Waals surface area contributed by atoms with E-state index in [9.17, 15) is 9.59 Å². The molecule has 0 bridgehead atoms. The second-order valence-electron chi connectivity index (χ2n) is 5.60. The molecular weight excluding hydrogens is 278 g/mol. The van der Waals surface area contributed by atoms with Crippen LogP contribution in [0.1, 0.15) is 36.2 Å². The first-order valence-corrected chi connectivity index (χ1v) is 7.65. The predicted molar refractivity (Wildman–Crippen MR) is 84.5 cm³/mol. The number of benzene rings is 1. The minimum Gasteiger partial charge on any atom is -0.352 e. The third-order valence-corrected chi connectivity index (χ3v) is 3.97. The minimum atomic E-state index is -0.199. The molecular formula is C17H19N3O2. The van der Waals surface area contributed by atoms with Gasteiger partial charge in [0.25, 0.3) is 5.91 Å². The van der Waals surface area contributed by atoms with Crippen molar-refractivity contribution in [1.29, 1.82) is 0 Å². The molecule has 2 aromatic rings. The average molecular weight is 297 g/mol. The van der Waals surface area contributed by atoms with Gasteiger partial charge >= 0.3 is 0 Å². The highest BCUT2D eigenvalue weighted by atomic mass is 16.2.